The van der Waals surface area contributed by atoms with Gasteiger partial charge in [0, 0.05) is 29.8 Å². The van der Waals surface area contributed by atoms with E-state index in [0.29, 0.717) is 18.5 Å². The van der Waals surface area contributed by atoms with Crippen LogP contribution in [0.5, 0.6) is 0 Å². The minimum Gasteiger partial charge on any atom is -0.477 e. The van der Waals surface area contributed by atoms with E-state index >= 15 is 0 Å². The summed E-state index contributed by atoms with van der Waals surface area (Å²) < 4.78 is 4.76. The number of aliphatic carboxylic acids is 1. The third-order valence-electron chi connectivity index (χ3n) is 5.37. The first-order valence-electron chi connectivity index (χ1n) is 8.91. The number of primary amides is 1. The summed E-state index contributed by atoms with van der Waals surface area (Å²) in [4.78, 5) is 55.7. The number of hydrogen-bond acceptors (Lipinski definition) is 7. The minimum absolute atomic E-state index is 0.109. The van der Waals surface area contributed by atoms with Crippen molar-refractivity contribution in [1.82, 2.24) is 14.8 Å². The Balaban J connectivity index is 1.50. The number of carbonyl (C=O) groups is 4. The Morgan fingerprint density at radius 1 is 1.31 bits per heavy atom. The molecule has 2 saturated heterocycles. The van der Waals surface area contributed by atoms with Crippen LogP contribution in [0.3, 0.4) is 0 Å². The molecule has 29 heavy (non-hydrogen) atoms. The second-order valence-corrected chi connectivity index (χ2v) is 8.04. The summed E-state index contributed by atoms with van der Waals surface area (Å²) in [6.45, 7) is 0.0563. The Labute approximate surface area is 169 Å². The SMILES string of the molecule is NC(=O)OCC1=C(C(=O)O)N2C(=O)[C@@H]3[C@H]2[C@H](C1)CN3C(=O)CSc1ccncc1. The van der Waals surface area contributed by atoms with Gasteiger partial charge in [0.1, 0.15) is 18.3 Å². The molecule has 3 amide bonds. The summed E-state index contributed by atoms with van der Waals surface area (Å²) in [6, 6.07) is 2.59. The topological polar surface area (TPSA) is 143 Å². The number of rotatable bonds is 6. The van der Waals surface area contributed by atoms with Crippen molar-refractivity contribution in [3.63, 3.8) is 0 Å². The average molecular weight is 418 g/mol. The fraction of sp³-hybridized carbons (Fsp3) is 0.389. The third-order valence-corrected chi connectivity index (χ3v) is 6.37. The lowest BCUT2D eigenvalue weighted by Crippen LogP contribution is -2.69. The number of hydrogen-bond donors (Lipinski definition) is 2. The van der Waals surface area contributed by atoms with E-state index in [1.54, 1.807) is 29.4 Å². The zero-order valence-electron chi connectivity index (χ0n) is 15.2. The lowest BCUT2D eigenvalue weighted by molar-refractivity contribution is -0.159. The number of nitrogens with two attached hydrogens (primary N) is 1. The molecule has 3 N–H and O–H groups in total. The van der Waals surface area contributed by atoms with Crippen molar-refractivity contribution in [1.29, 1.82) is 0 Å². The van der Waals surface area contributed by atoms with E-state index in [4.69, 9.17) is 10.5 Å². The Hall–Kier alpha value is -3.08. The smallest absolute Gasteiger partial charge is 0.404 e. The molecule has 1 aromatic rings. The highest BCUT2D eigenvalue weighted by Gasteiger charge is 2.63. The summed E-state index contributed by atoms with van der Waals surface area (Å²) in [5.74, 6) is -1.80. The molecule has 4 rings (SSSR count). The maximum absolute atomic E-state index is 12.8. The zero-order chi connectivity index (χ0) is 20.7. The van der Waals surface area contributed by atoms with Gasteiger partial charge in [-0.1, -0.05) is 0 Å². The molecule has 0 saturated carbocycles. The lowest BCUT2D eigenvalue weighted by atomic mass is 9.79. The van der Waals surface area contributed by atoms with E-state index in [9.17, 15) is 24.3 Å². The number of carbonyl (C=O) groups excluding carboxylic acids is 3. The molecule has 0 radical (unpaired) electrons. The Kier molecular flexibility index (Phi) is 4.91. The van der Waals surface area contributed by atoms with Crippen molar-refractivity contribution >= 4 is 35.6 Å². The molecule has 1 aromatic heterocycles. The first-order valence-corrected chi connectivity index (χ1v) is 9.90. The van der Waals surface area contributed by atoms with Gasteiger partial charge in [0.05, 0.1) is 11.8 Å². The molecule has 10 nitrogen and oxygen atoms in total. The molecule has 0 bridgehead atoms. The van der Waals surface area contributed by atoms with Crippen LogP contribution in [0.15, 0.2) is 40.7 Å². The molecule has 2 fully saturated rings. The molecule has 3 atom stereocenters. The summed E-state index contributed by atoms with van der Waals surface area (Å²) in [6.07, 6.45) is 2.58. The number of carboxylic acids is 1. The fourth-order valence-electron chi connectivity index (χ4n) is 4.24. The summed E-state index contributed by atoms with van der Waals surface area (Å²) in [5.41, 5.74) is 5.13. The van der Waals surface area contributed by atoms with Crippen LogP contribution in [0.25, 0.3) is 0 Å². The van der Waals surface area contributed by atoms with E-state index < -0.39 is 24.0 Å². The molecule has 152 valence electrons. The van der Waals surface area contributed by atoms with E-state index in [1.807, 2.05) is 0 Å². The van der Waals surface area contributed by atoms with Gasteiger partial charge in [-0.05, 0) is 24.1 Å². The second kappa shape index (κ2) is 7.39. The molecular formula is C18H18N4O6S. The lowest BCUT2D eigenvalue weighted by Gasteiger charge is -2.49. The minimum atomic E-state index is -1.27. The van der Waals surface area contributed by atoms with Crippen LogP contribution in [-0.2, 0) is 19.1 Å². The Bertz CT molecular complexity index is 920. The van der Waals surface area contributed by atoms with Gasteiger partial charge in [-0.15, -0.1) is 11.8 Å². The predicted molar refractivity (Wildman–Crippen MR) is 99.4 cm³/mol. The molecule has 0 spiro atoms. The van der Waals surface area contributed by atoms with E-state index in [1.165, 1.54) is 16.7 Å². The number of thioether (sulfide) groups is 1. The monoisotopic (exact) mass is 418 g/mol. The predicted octanol–water partition coefficient (Wildman–Crippen LogP) is 0.0492. The zero-order valence-corrected chi connectivity index (χ0v) is 16.0. The molecule has 0 unspecified atom stereocenters. The largest absolute Gasteiger partial charge is 0.477 e. The molecule has 4 heterocycles. The standard InChI is InChI=1S/C18H18N4O6S/c19-18(27)28-7-10-5-9-6-21(12(23)8-29-11-1-3-20-4-2-11)15-13(9)22(16(15)24)14(10)17(25)26/h1-4,9,13,15H,5-8H2,(H2,19,27)(H,25,26)/t9-,13-,15+/m1/s1. The van der Waals surface area contributed by atoms with Crippen molar-refractivity contribution in [3.8, 4) is 0 Å². The molecule has 3 aliphatic heterocycles. The number of aromatic nitrogens is 1. The molecule has 0 aliphatic carbocycles. The molecular weight excluding hydrogens is 400 g/mol. The van der Waals surface area contributed by atoms with Crippen molar-refractivity contribution < 1.29 is 29.0 Å². The number of β-lactam (4-membered cyclic amide) rings is 1. The normalized spacial score (nSPS) is 24.8. The Morgan fingerprint density at radius 2 is 2.03 bits per heavy atom. The number of carboxylic acid groups (broad SMARTS) is 1. The van der Waals surface area contributed by atoms with Crippen LogP contribution < -0.4 is 5.73 Å². The van der Waals surface area contributed by atoms with Crippen LogP contribution in [0.4, 0.5) is 4.79 Å². The molecule has 11 heteroatoms. The number of pyridine rings is 1. The molecule has 0 aromatic carbocycles. The van der Waals surface area contributed by atoms with Crippen LogP contribution in [0.2, 0.25) is 0 Å². The highest BCUT2D eigenvalue weighted by Crippen LogP contribution is 2.47. The van der Waals surface area contributed by atoms with Gasteiger partial charge in [-0.25, -0.2) is 9.59 Å². The maximum Gasteiger partial charge on any atom is 0.404 e. The van der Waals surface area contributed by atoms with Crippen molar-refractivity contribution in [2.45, 2.75) is 23.4 Å². The maximum atomic E-state index is 12.8. The van der Waals surface area contributed by atoms with Crippen LogP contribution in [0, 0.1) is 5.92 Å². The molecule has 3 aliphatic rings. The first-order chi connectivity index (χ1) is 13.9. The van der Waals surface area contributed by atoms with Gasteiger partial charge >= 0.3 is 12.1 Å². The van der Waals surface area contributed by atoms with Crippen molar-refractivity contribution in [2.24, 2.45) is 11.7 Å². The van der Waals surface area contributed by atoms with E-state index in [0.717, 1.165) is 4.90 Å². The van der Waals surface area contributed by atoms with Gasteiger partial charge in [-0.2, -0.15) is 0 Å². The number of amides is 3. The van der Waals surface area contributed by atoms with Gasteiger partial charge in [0.2, 0.25) is 5.91 Å². The first kappa shape index (κ1) is 19.2. The van der Waals surface area contributed by atoms with Gasteiger partial charge in [0.25, 0.3) is 5.91 Å². The summed E-state index contributed by atoms with van der Waals surface area (Å²) >= 11 is 1.35. The summed E-state index contributed by atoms with van der Waals surface area (Å²) in [7, 11) is 0. The van der Waals surface area contributed by atoms with Gasteiger partial charge < -0.3 is 20.5 Å². The summed E-state index contributed by atoms with van der Waals surface area (Å²) in [5, 5.41) is 9.58. The van der Waals surface area contributed by atoms with Gasteiger partial charge in [0.15, 0.2) is 0 Å². The number of ether oxygens (including phenoxy) is 1. The van der Waals surface area contributed by atoms with E-state index in [2.05, 4.69) is 4.98 Å². The Morgan fingerprint density at radius 3 is 2.69 bits per heavy atom. The van der Waals surface area contributed by atoms with Crippen LogP contribution in [0.1, 0.15) is 6.42 Å². The van der Waals surface area contributed by atoms with Crippen LogP contribution >= 0.6 is 11.8 Å². The quantitative estimate of drug-likeness (QED) is 0.487. The van der Waals surface area contributed by atoms with Crippen molar-refractivity contribution in [2.75, 3.05) is 18.9 Å². The fourth-order valence-corrected chi connectivity index (χ4v) is 5.01. The number of likely N-dealkylation sites (tertiary alicyclic amines) is 1. The average Bonchev–Trinajstić information content (AvgIpc) is 3.06. The highest BCUT2D eigenvalue weighted by atomic mass is 32.2. The highest BCUT2D eigenvalue weighted by molar-refractivity contribution is 8.00. The van der Waals surface area contributed by atoms with E-state index in [-0.39, 0.29) is 35.9 Å². The van der Waals surface area contributed by atoms with Crippen molar-refractivity contribution in [3.05, 3.63) is 35.8 Å². The van der Waals surface area contributed by atoms with Gasteiger partial charge in [-0.3, -0.25) is 19.5 Å². The number of nitrogens with zero attached hydrogens (tertiary/aromatic N) is 3. The second-order valence-electron chi connectivity index (χ2n) is 6.99. The van der Waals surface area contributed by atoms with Crippen LogP contribution in [-0.4, -0.2) is 74.8 Å². The third kappa shape index (κ3) is 3.31.